The van der Waals surface area contributed by atoms with Crippen LogP contribution in [0.15, 0.2) is 249 Å². The maximum absolute atomic E-state index is 15.6. The van der Waals surface area contributed by atoms with Crippen molar-refractivity contribution in [2.75, 3.05) is 0 Å². The van der Waals surface area contributed by atoms with Gasteiger partial charge in [-0.25, -0.2) is 0 Å². The van der Waals surface area contributed by atoms with Crippen molar-refractivity contribution in [1.82, 2.24) is 4.57 Å². The molecule has 0 radical (unpaired) electrons. The summed E-state index contributed by atoms with van der Waals surface area (Å²) in [4.78, 5) is 0. The first-order valence-corrected chi connectivity index (χ1v) is 24.2. The molecule has 10 aromatic carbocycles. The number of nitrogens with zero attached hydrogens (tertiary/aromatic N) is 2. The lowest BCUT2D eigenvalue weighted by Crippen LogP contribution is -2.34. The number of hydrogen-bond acceptors (Lipinski definition) is 3. The Morgan fingerprint density at radius 3 is 1.42 bits per heavy atom. The van der Waals surface area contributed by atoms with Crippen molar-refractivity contribution >= 4 is 44.9 Å². The van der Waals surface area contributed by atoms with Gasteiger partial charge in [-0.15, -0.1) is 0 Å². The third kappa shape index (κ3) is 6.47. The molecule has 12 rings (SSSR count). The van der Waals surface area contributed by atoms with Gasteiger partial charge in [0.15, 0.2) is 7.14 Å². The molecule has 1 aliphatic rings. The number of hydrogen-bond donors (Lipinski definition) is 0. The van der Waals surface area contributed by atoms with Crippen molar-refractivity contribution in [2.24, 2.45) is 0 Å². The standard InChI is InChI=1S/C62H41N2O2P/c63-42-43-29-33-58-54(37-43)55-39-45(30-34-59(55)64(58)50-22-10-3-11-23-50)47-32-36-61-57(41-47)62(48-18-6-1-7-19-48,49-20-8-2-9-21-49)56-40-46(31-35-60(56)66-61)44-17-16-28-53(38-44)67(65,51-24-12-4-13-25-51)52-26-14-5-15-27-52/h1-41H. The number of aromatic nitrogens is 1. The molecule has 4 nitrogen and oxygen atoms in total. The summed E-state index contributed by atoms with van der Waals surface area (Å²) < 4.78 is 24.8. The molecule has 0 unspecified atom stereocenters. The van der Waals surface area contributed by atoms with E-state index in [0.29, 0.717) is 5.56 Å². The lowest BCUT2D eigenvalue weighted by molar-refractivity contribution is 0.435. The molecular weight excluding hydrogens is 836 g/mol. The molecule has 0 saturated heterocycles. The van der Waals surface area contributed by atoms with Crippen molar-refractivity contribution < 1.29 is 9.30 Å². The Morgan fingerprint density at radius 2 is 0.866 bits per heavy atom. The van der Waals surface area contributed by atoms with Crippen molar-refractivity contribution in [1.29, 1.82) is 5.26 Å². The van der Waals surface area contributed by atoms with Crippen LogP contribution in [-0.4, -0.2) is 4.57 Å². The molecule has 5 heteroatoms. The van der Waals surface area contributed by atoms with Gasteiger partial charge in [0.25, 0.3) is 0 Å². The van der Waals surface area contributed by atoms with E-state index in [0.717, 1.165) is 99.4 Å². The predicted molar refractivity (Wildman–Crippen MR) is 274 cm³/mol. The Bertz CT molecular complexity index is 3670. The minimum Gasteiger partial charge on any atom is -0.457 e. The highest BCUT2D eigenvalue weighted by atomic mass is 31.2. The van der Waals surface area contributed by atoms with Crippen molar-refractivity contribution in [3.63, 3.8) is 0 Å². The molecule has 0 N–H and O–H groups in total. The molecule has 1 aromatic heterocycles. The highest BCUT2D eigenvalue weighted by molar-refractivity contribution is 7.85. The van der Waals surface area contributed by atoms with Gasteiger partial charge < -0.3 is 13.9 Å². The monoisotopic (exact) mass is 876 g/mol. The van der Waals surface area contributed by atoms with Gasteiger partial charge in [0, 0.05) is 43.5 Å². The third-order valence-electron chi connectivity index (χ3n) is 13.4. The first kappa shape index (κ1) is 40.1. The van der Waals surface area contributed by atoms with Gasteiger partial charge in [-0.3, -0.25) is 0 Å². The predicted octanol–water partition coefficient (Wildman–Crippen LogP) is 14.1. The molecule has 11 aromatic rings. The number of rotatable bonds is 8. The van der Waals surface area contributed by atoms with Crippen LogP contribution in [0.25, 0.3) is 49.7 Å². The SMILES string of the molecule is N#Cc1ccc2c(c1)c1cc(-c3ccc4c(c3)C(c3ccccc3)(c3ccccc3)c3cc(-c5cccc(P(=O)(c6ccccc6)c6ccccc6)c5)ccc3O4)ccc1n2-c1ccccc1. The van der Waals surface area contributed by atoms with Crippen LogP contribution >= 0.6 is 7.14 Å². The molecule has 316 valence electrons. The number of para-hydroxylation sites is 1. The average Bonchev–Trinajstić information content (AvgIpc) is 3.74. The van der Waals surface area contributed by atoms with E-state index < -0.39 is 12.6 Å². The summed E-state index contributed by atoms with van der Waals surface area (Å²) in [5.74, 6) is 1.56. The summed E-state index contributed by atoms with van der Waals surface area (Å²) in [5.41, 5.74) is 11.3. The van der Waals surface area contributed by atoms with Gasteiger partial charge in [0.05, 0.1) is 28.1 Å². The van der Waals surface area contributed by atoms with E-state index in [9.17, 15) is 5.26 Å². The fourth-order valence-corrected chi connectivity index (χ4v) is 13.0. The zero-order chi connectivity index (χ0) is 45.0. The Labute approximate surface area is 389 Å². The molecule has 2 heterocycles. The molecule has 0 bridgehead atoms. The van der Waals surface area contributed by atoms with Crippen LogP contribution in [0, 0.1) is 11.3 Å². The van der Waals surface area contributed by atoms with Crippen LogP contribution < -0.4 is 20.7 Å². The molecule has 0 spiro atoms. The van der Waals surface area contributed by atoms with Crippen LogP contribution in [0.4, 0.5) is 0 Å². The van der Waals surface area contributed by atoms with Crippen LogP contribution in [0.3, 0.4) is 0 Å². The van der Waals surface area contributed by atoms with Gasteiger partial charge in [0.2, 0.25) is 0 Å². The summed E-state index contributed by atoms with van der Waals surface area (Å²) >= 11 is 0. The van der Waals surface area contributed by atoms with Crippen LogP contribution in [0.1, 0.15) is 27.8 Å². The number of fused-ring (bicyclic) bond motifs is 5. The van der Waals surface area contributed by atoms with Crippen LogP contribution in [0.2, 0.25) is 0 Å². The first-order valence-electron chi connectivity index (χ1n) is 22.5. The lowest BCUT2D eigenvalue weighted by Gasteiger charge is -2.42. The van der Waals surface area contributed by atoms with E-state index in [1.54, 1.807) is 0 Å². The largest absolute Gasteiger partial charge is 0.457 e. The van der Waals surface area contributed by atoms with Gasteiger partial charge in [-0.05, 0) is 106 Å². The maximum atomic E-state index is 15.6. The fourth-order valence-electron chi connectivity index (χ4n) is 10.3. The Morgan fingerprint density at radius 1 is 0.418 bits per heavy atom. The molecular formula is C62H41N2O2P. The van der Waals surface area contributed by atoms with Crippen LogP contribution in [0.5, 0.6) is 11.5 Å². The molecule has 0 aliphatic carbocycles. The molecule has 0 amide bonds. The highest BCUT2D eigenvalue weighted by Gasteiger charge is 2.46. The van der Waals surface area contributed by atoms with Gasteiger partial charge in [-0.1, -0.05) is 176 Å². The van der Waals surface area contributed by atoms with E-state index in [4.69, 9.17) is 4.74 Å². The van der Waals surface area contributed by atoms with E-state index in [-0.39, 0.29) is 0 Å². The fraction of sp³-hybridized carbons (Fsp3) is 0.0161. The number of ether oxygens (including phenoxy) is 1. The quantitative estimate of drug-likeness (QED) is 0.143. The smallest absolute Gasteiger partial charge is 0.171 e. The van der Waals surface area contributed by atoms with E-state index in [1.165, 1.54) is 0 Å². The van der Waals surface area contributed by atoms with Crippen molar-refractivity contribution in [2.45, 2.75) is 5.41 Å². The maximum Gasteiger partial charge on any atom is 0.171 e. The Hall–Kier alpha value is -8.48. The topological polar surface area (TPSA) is 55.0 Å². The van der Waals surface area contributed by atoms with Crippen molar-refractivity contribution in [3.8, 4) is 45.5 Å². The summed E-state index contributed by atoms with van der Waals surface area (Å²) in [6.07, 6.45) is 0. The summed E-state index contributed by atoms with van der Waals surface area (Å²) in [6.45, 7) is 0. The minimum absolute atomic E-state index is 0.623. The van der Waals surface area contributed by atoms with E-state index in [2.05, 4.69) is 168 Å². The Balaban J connectivity index is 1.06. The van der Waals surface area contributed by atoms with E-state index >= 15 is 4.57 Å². The second kappa shape index (κ2) is 16.2. The third-order valence-corrected chi connectivity index (χ3v) is 16.5. The second-order valence-corrected chi connectivity index (χ2v) is 19.9. The van der Waals surface area contributed by atoms with Crippen molar-refractivity contribution in [3.05, 3.63) is 277 Å². The minimum atomic E-state index is -3.23. The average molecular weight is 877 g/mol. The molecule has 0 saturated carbocycles. The lowest BCUT2D eigenvalue weighted by atomic mass is 9.63. The normalized spacial score (nSPS) is 12.8. The van der Waals surface area contributed by atoms with Crippen LogP contribution in [-0.2, 0) is 9.98 Å². The summed E-state index contributed by atoms with van der Waals surface area (Å²) in [5, 5.41) is 14.4. The second-order valence-electron chi connectivity index (χ2n) is 17.1. The van der Waals surface area contributed by atoms with Gasteiger partial charge >= 0.3 is 0 Å². The molecule has 1 aliphatic heterocycles. The Kier molecular flexibility index (Phi) is 9.68. The van der Waals surface area contributed by atoms with Gasteiger partial charge in [-0.2, -0.15) is 5.26 Å². The van der Waals surface area contributed by atoms with Gasteiger partial charge in [0.1, 0.15) is 11.5 Å². The highest BCUT2D eigenvalue weighted by Crippen LogP contribution is 2.57. The summed E-state index contributed by atoms with van der Waals surface area (Å²) in [7, 11) is -3.23. The zero-order valence-corrected chi connectivity index (χ0v) is 37.2. The first-order chi connectivity index (χ1) is 33.0. The number of benzene rings is 10. The molecule has 0 fully saturated rings. The molecule has 0 atom stereocenters. The zero-order valence-electron chi connectivity index (χ0n) is 36.3. The summed E-state index contributed by atoms with van der Waals surface area (Å²) in [6, 6.07) is 87.8. The molecule has 67 heavy (non-hydrogen) atoms. The number of nitriles is 1. The van der Waals surface area contributed by atoms with E-state index in [1.807, 2.05) is 91.0 Å².